The van der Waals surface area contributed by atoms with Crippen molar-refractivity contribution < 1.29 is 18.7 Å². The van der Waals surface area contributed by atoms with Gasteiger partial charge >= 0.3 is 10.9 Å². The zero-order valence-corrected chi connectivity index (χ0v) is 21.5. The van der Waals surface area contributed by atoms with E-state index in [0.717, 1.165) is 28.0 Å². The van der Waals surface area contributed by atoms with Crippen LogP contribution in [0.3, 0.4) is 0 Å². The van der Waals surface area contributed by atoms with Crippen LogP contribution in [0.2, 0.25) is 0 Å². The molecule has 0 saturated carbocycles. The fourth-order valence-corrected chi connectivity index (χ4v) is 5.77. The maximum atomic E-state index is 12.8. The molecule has 1 saturated heterocycles. The summed E-state index contributed by atoms with van der Waals surface area (Å²) in [7, 11) is 0. The summed E-state index contributed by atoms with van der Waals surface area (Å²) in [6.07, 6.45) is 1.75. The van der Waals surface area contributed by atoms with Crippen LogP contribution in [0.25, 0.3) is 27.5 Å². The molecule has 9 heteroatoms. The molecule has 0 aliphatic carbocycles. The smallest absolute Gasteiger partial charge is 0.396 e. The van der Waals surface area contributed by atoms with Crippen LogP contribution in [-0.4, -0.2) is 27.6 Å². The molecule has 6 nitrogen and oxygen atoms in total. The van der Waals surface area contributed by atoms with Gasteiger partial charge in [-0.3, -0.25) is 14.5 Å². The topological polar surface area (TPSA) is 76.8 Å². The number of hydrogen-bond donors (Lipinski definition) is 0. The molecule has 5 rings (SSSR count). The zero-order chi connectivity index (χ0) is 25.2. The first kappa shape index (κ1) is 24.2. The lowest BCUT2D eigenvalue weighted by Gasteiger charge is -2.14. The second-order valence-corrected chi connectivity index (χ2v) is 10.7. The third-order valence-corrected chi connectivity index (χ3v) is 7.66. The fraction of sp³-hybridized carbons (Fsp3) is 0.111. The van der Waals surface area contributed by atoms with Gasteiger partial charge in [0.05, 0.1) is 16.0 Å². The Bertz CT molecular complexity index is 1570. The summed E-state index contributed by atoms with van der Waals surface area (Å²) in [5, 5.41) is 0. The number of fused-ring (bicyclic) bond motifs is 1. The molecule has 1 amide bonds. The van der Waals surface area contributed by atoms with E-state index in [1.165, 1.54) is 16.7 Å². The molecule has 0 N–H and O–H groups in total. The van der Waals surface area contributed by atoms with Gasteiger partial charge in [-0.1, -0.05) is 95.5 Å². The fourth-order valence-electron chi connectivity index (χ4n) is 3.74. The van der Waals surface area contributed by atoms with Gasteiger partial charge < -0.3 is 9.15 Å². The SMILES string of the molecule is Cc1ccc(-c2cc(OC(=O)CCN3C(=O)/C(=C/c4ccccc4)SC3=S)cc3sc(=O)oc23)cc1. The van der Waals surface area contributed by atoms with Crippen LogP contribution in [0.4, 0.5) is 0 Å². The van der Waals surface area contributed by atoms with Crippen molar-refractivity contribution in [2.75, 3.05) is 6.54 Å². The van der Waals surface area contributed by atoms with Crippen LogP contribution in [0, 0.1) is 6.92 Å². The number of nitrogens with zero attached hydrogens (tertiary/aromatic N) is 1. The average Bonchev–Trinajstić information content (AvgIpc) is 3.36. The molecular weight excluding hydrogens is 515 g/mol. The number of amides is 1. The van der Waals surface area contributed by atoms with Gasteiger partial charge in [0, 0.05) is 18.2 Å². The minimum absolute atomic E-state index is 0.0371. The molecule has 0 radical (unpaired) electrons. The summed E-state index contributed by atoms with van der Waals surface area (Å²) in [6, 6.07) is 20.6. The Kier molecular flexibility index (Phi) is 6.86. The molecule has 2 heterocycles. The lowest BCUT2D eigenvalue weighted by atomic mass is 10.0. The maximum absolute atomic E-state index is 12.8. The van der Waals surface area contributed by atoms with Gasteiger partial charge in [0.15, 0.2) is 5.58 Å². The largest absolute Gasteiger partial charge is 0.426 e. The van der Waals surface area contributed by atoms with E-state index in [2.05, 4.69) is 0 Å². The lowest BCUT2D eigenvalue weighted by Crippen LogP contribution is -2.31. The van der Waals surface area contributed by atoms with Crippen LogP contribution in [0.15, 0.2) is 80.8 Å². The van der Waals surface area contributed by atoms with Crippen molar-refractivity contribution >= 4 is 67.9 Å². The van der Waals surface area contributed by atoms with E-state index in [0.29, 0.717) is 30.8 Å². The highest BCUT2D eigenvalue weighted by atomic mass is 32.2. The van der Waals surface area contributed by atoms with Gasteiger partial charge in [-0.05, 0) is 30.2 Å². The Morgan fingerprint density at radius 3 is 2.58 bits per heavy atom. The van der Waals surface area contributed by atoms with Gasteiger partial charge in [-0.25, -0.2) is 4.79 Å². The summed E-state index contributed by atoms with van der Waals surface area (Å²) in [4.78, 5) is 38.9. The van der Waals surface area contributed by atoms with E-state index >= 15 is 0 Å². The van der Waals surface area contributed by atoms with Crippen molar-refractivity contribution in [2.45, 2.75) is 13.3 Å². The molecule has 0 spiro atoms. The quantitative estimate of drug-likeness (QED) is 0.130. The summed E-state index contributed by atoms with van der Waals surface area (Å²) < 4.78 is 12.0. The predicted octanol–water partition coefficient (Wildman–Crippen LogP) is 6.03. The van der Waals surface area contributed by atoms with Gasteiger partial charge in [-0.15, -0.1) is 0 Å². The van der Waals surface area contributed by atoms with Crippen LogP contribution in [-0.2, 0) is 9.59 Å². The van der Waals surface area contributed by atoms with Crippen molar-refractivity contribution in [1.82, 2.24) is 4.90 Å². The lowest BCUT2D eigenvalue weighted by molar-refractivity contribution is -0.134. The minimum Gasteiger partial charge on any atom is -0.426 e. The molecule has 1 aromatic heterocycles. The molecule has 1 fully saturated rings. The number of rotatable bonds is 6. The molecule has 0 unspecified atom stereocenters. The van der Waals surface area contributed by atoms with Crippen molar-refractivity contribution in [2.24, 2.45) is 0 Å². The van der Waals surface area contributed by atoms with Crippen LogP contribution >= 0.6 is 35.3 Å². The Labute approximate surface area is 220 Å². The third kappa shape index (κ3) is 5.18. The first-order valence-corrected chi connectivity index (χ1v) is 13.1. The third-order valence-electron chi connectivity index (χ3n) is 5.51. The first-order chi connectivity index (χ1) is 17.4. The molecule has 4 aromatic rings. The van der Waals surface area contributed by atoms with Gasteiger partial charge in [0.25, 0.3) is 5.91 Å². The number of esters is 1. The van der Waals surface area contributed by atoms with Gasteiger partial charge in [-0.2, -0.15) is 0 Å². The number of aryl methyl sites for hydroxylation is 1. The number of ether oxygens (including phenoxy) is 1. The summed E-state index contributed by atoms with van der Waals surface area (Å²) in [5.74, 6) is -0.441. The standard InChI is InChI=1S/C27H19NO5S3/c1-16-7-9-18(10-8-16)20-14-19(15-21-24(20)33-27(31)36-21)32-23(29)11-12-28-25(30)22(35-26(28)34)13-17-5-3-2-4-6-17/h2-10,13-15H,11-12H2,1H3/b22-13-. The average molecular weight is 534 g/mol. The first-order valence-electron chi connectivity index (χ1n) is 11.0. The number of carbonyl (C=O) groups excluding carboxylic acids is 2. The highest BCUT2D eigenvalue weighted by molar-refractivity contribution is 8.26. The second-order valence-electron chi connectivity index (χ2n) is 8.09. The van der Waals surface area contributed by atoms with Gasteiger partial charge in [0.1, 0.15) is 10.1 Å². The molecule has 36 heavy (non-hydrogen) atoms. The van der Waals surface area contributed by atoms with E-state index in [4.69, 9.17) is 21.4 Å². The summed E-state index contributed by atoms with van der Waals surface area (Å²) in [5.41, 5.74) is 3.96. The van der Waals surface area contributed by atoms with E-state index < -0.39 is 10.9 Å². The minimum atomic E-state index is -0.513. The predicted molar refractivity (Wildman–Crippen MR) is 147 cm³/mol. The number of hydrogen-bond acceptors (Lipinski definition) is 8. The molecule has 0 atom stereocenters. The Morgan fingerprint density at radius 2 is 1.83 bits per heavy atom. The highest BCUT2D eigenvalue weighted by Crippen LogP contribution is 2.35. The van der Waals surface area contributed by atoms with Crippen molar-refractivity contribution in [3.63, 3.8) is 0 Å². The monoisotopic (exact) mass is 533 g/mol. The molecule has 1 aliphatic rings. The number of carbonyl (C=O) groups is 2. The normalized spacial score (nSPS) is 14.7. The Hall–Kier alpha value is -3.53. The molecule has 0 bridgehead atoms. The summed E-state index contributed by atoms with van der Waals surface area (Å²) >= 11 is 7.53. The van der Waals surface area contributed by atoms with Crippen molar-refractivity contribution in [3.05, 3.63) is 92.5 Å². The highest BCUT2D eigenvalue weighted by Gasteiger charge is 2.32. The van der Waals surface area contributed by atoms with Crippen molar-refractivity contribution in [1.29, 1.82) is 0 Å². The van der Waals surface area contributed by atoms with Crippen LogP contribution < -0.4 is 9.68 Å². The van der Waals surface area contributed by atoms with Crippen molar-refractivity contribution in [3.8, 4) is 16.9 Å². The van der Waals surface area contributed by atoms with Gasteiger partial charge in [0.2, 0.25) is 0 Å². The Balaban J connectivity index is 1.30. The molecular formula is C27H19NO5S3. The number of benzene rings is 3. The summed E-state index contributed by atoms with van der Waals surface area (Å²) in [6.45, 7) is 2.10. The van der Waals surface area contributed by atoms with Crippen LogP contribution in [0.5, 0.6) is 5.75 Å². The van der Waals surface area contributed by atoms with E-state index in [1.807, 2.05) is 61.5 Å². The molecule has 1 aliphatic heterocycles. The zero-order valence-electron chi connectivity index (χ0n) is 19.1. The second kappa shape index (κ2) is 10.2. The number of thioether (sulfide) groups is 1. The van der Waals surface area contributed by atoms with Crippen LogP contribution in [0.1, 0.15) is 17.5 Å². The number of thiocarbonyl (C=S) groups is 1. The van der Waals surface area contributed by atoms with E-state index in [-0.39, 0.29) is 18.9 Å². The van der Waals surface area contributed by atoms with E-state index in [9.17, 15) is 14.4 Å². The maximum Gasteiger partial charge on any atom is 0.396 e. The van der Waals surface area contributed by atoms with E-state index in [1.54, 1.807) is 18.2 Å². The molecule has 180 valence electrons. The molecule has 3 aromatic carbocycles. The Morgan fingerprint density at radius 1 is 1.08 bits per heavy atom.